The van der Waals surface area contributed by atoms with Gasteiger partial charge in [0.1, 0.15) is 19.8 Å². The van der Waals surface area contributed by atoms with E-state index in [1.807, 2.05) is 0 Å². The van der Waals surface area contributed by atoms with Crippen LogP contribution in [-0.2, 0) is 0 Å². The molecule has 0 heterocycles. The fraction of sp³-hybridized carbons (Fsp3) is 0.900. The van der Waals surface area contributed by atoms with Gasteiger partial charge < -0.3 is 0 Å². The summed E-state index contributed by atoms with van der Waals surface area (Å²) in [6.07, 6.45) is 8.87. The van der Waals surface area contributed by atoms with Gasteiger partial charge in [0.25, 0.3) is 0 Å². The maximum Gasteiger partial charge on any atom is 0.142 e. The molecule has 0 fully saturated rings. The molecular formula is C10H22N+. The lowest BCUT2D eigenvalue weighted by Crippen LogP contribution is -2.08. The van der Waals surface area contributed by atoms with Crippen molar-refractivity contribution in [1.82, 2.24) is 0 Å². The minimum absolute atomic E-state index is 1.16. The zero-order valence-corrected chi connectivity index (χ0v) is 8.27. The van der Waals surface area contributed by atoms with E-state index in [0.29, 0.717) is 0 Å². The summed E-state index contributed by atoms with van der Waals surface area (Å²) in [5.74, 6) is 0. The van der Waals surface area contributed by atoms with Crippen LogP contribution in [0.4, 0.5) is 0 Å². The number of hydrogen-bond donors (Lipinski definition) is 0. The first-order chi connectivity index (χ1) is 5.31. The van der Waals surface area contributed by atoms with Crippen LogP contribution in [-0.4, -0.2) is 24.4 Å². The predicted molar refractivity (Wildman–Crippen MR) is 51.5 cm³/mol. The van der Waals surface area contributed by atoms with Gasteiger partial charge in [0.2, 0.25) is 0 Å². The summed E-state index contributed by atoms with van der Waals surface area (Å²) in [6.45, 7) is 5.66. The Hall–Kier alpha value is -0.330. The monoisotopic (exact) mass is 156 g/mol. The highest BCUT2D eigenvalue weighted by Crippen LogP contribution is 1.97. The Labute approximate surface area is 71.1 Å². The van der Waals surface area contributed by atoms with E-state index in [1.165, 1.54) is 32.2 Å². The van der Waals surface area contributed by atoms with Crippen molar-refractivity contribution in [3.8, 4) is 0 Å². The van der Waals surface area contributed by atoms with Gasteiger partial charge in [-0.1, -0.05) is 26.7 Å². The van der Waals surface area contributed by atoms with Crippen LogP contribution in [0, 0.1) is 0 Å². The van der Waals surface area contributed by atoms with Crippen LogP contribution >= 0.6 is 0 Å². The van der Waals surface area contributed by atoms with Gasteiger partial charge >= 0.3 is 0 Å². The fourth-order valence-electron chi connectivity index (χ4n) is 1.19. The first kappa shape index (κ1) is 10.7. The molecule has 0 radical (unpaired) electrons. The van der Waals surface area contributed by atoms with E-state index in [-0.39, 0.29) is 0 Å². The van der Waals surface area contributed by atoms with Crippen molar-refractivity contribution in [1.29, 1.82) is 0 Å². The molecule has 0 aliphatic carbocycles. The fourth-order valence-corrected chi connectivity index (χ4v) is 1.19. The van der Waals surface area contributed by atoms with Gasteiger partial charge in [0.15, 0.2) is 0 Å². The molecule has 0 aromatic carbocycles. The molecule has 0 aliphatic rings. The Kier molecular flexibility index (Phi) is 7.54. The van der Waals surface area contributed by atoms with Crippen molar-refractivity contribution >= 4 is 6.21 Å². The number of nitrogens with zero attached hydrogens (tertiary/aromatic N) is 1. The minimum atomic E-state index is 1.16. The molecule has 0 rings (SSSR count). The van der Waals surface area contributed by atoms with Crippen molar-refractivity contribution in [3.05, 3.63) is 0 Å². The van der Waals surface area contributed by atoms with Crippen molar-refractivity contribution in [2.75, 3.05) is 13.6 Å². The molecule has 0 unspecified atom stereocenters. The van der Waals surface area contributed by atoms with Crippen LogP contribution in [0.2, 0.25) is 0 Å². The SMILES string of the molecule is CCC=[N+](C)CCCCCC. The van der Waals surface area contributed by atoms with Crippen LogP contribution in [0.5, 0.6) is 0 Å². The van der Waals surface area contributed by atoms with Gasteiger partial charge in [0, 0.05) is 12.8 Å². The van der Waals surface area contributed by atoms with Crippen LogP contribution in [0.3, 0.4) is 0 Å². The maximum absolute atomic E-state index is 2.30. The van der Waals surface area contributed by atoms with E-state index in [4.69, 9.17) is 0 Å². The topological polar surface area (TPSA) is 3.01 Å². The van der Waals surface area contributed by atoms with Gasteiger partial charge in [-0.3, -0.25) is 0 Å². The summed E-state index contributed by atoms with van der Waals surface area (Å²) in [5.41, 5.74) is 0. The second-order valence-corrected chi connectivity index (χ2v) is 3.13. The maximum atomic E-state index is 2.30. The van der Waals surface area contributed by atoms with Crippen molar-refractivity contribution in [2.45, 2.75) is 46.0 Å². The number of hydrogen-bond acceptors (Lipinski definition) is 0. The Morgan fingerprint density at radius 1 is 1.09 bits per heavy atom. The summed E-state index contributed by atoms with van der Waals surface area (Å²) < 4.78 is 2.30. The molecule has 0 saturated carbocycles. The molecule has 1 heteroatoms. The quantitative estimate of drug-likeness (QED) is 0.316. The van der Waals surface area contributed by atoms with E-state index < -0.39 is 0 Å². The number of unbranched alkanes of at least 4 members (excludes halogenated alkanes) is 3. The van der Waals surface area contributed by atoms with E-state index in [2.05, 4.69) is 31.7 Å². The summed E-state index contributed by atoms with van der Waals surface area (Å²) in [7, 11) is 2.16. The van der Waals surface area contributed by atoms with Crippen molar-refractivity contribution < 1.29 is 4.58 Å². The first-order valence-corrected chi connectivity index (χ1v) is 4.84. The highest BCUT2D eigenvalue weighted by atomic mass is 14.9. The zero-order valence-electron chi connectivity index (χ0n) is 8.27. The highest BCUT2D eigenvalue weighted by molar-refractivity contribution is 5.50. The molecule has 0 atom stereocenters. The summed E-state index contributed by atoms with van der Waals surface area (Å²) in [4.78, 5) is 0. The molecule has 1 nitrogen and oxygen atoms in total. The largest absolute Gasteiger partial charge is 0.242 e. The van der Waals surface area contributed by atoms with Gasteiger partial charge in [-0.05, 0) is 6.42 Å². The molecule has 0 spiro atoms. The highest BCUT2D eigenvalue weighted by Gasteiger charge is 1.93. The van der Waals surface area contributed by atoms with Crippen molar-refractivity contribution in [3.63, 3.8) is 0 Å². The molecule has 0 amide bonds. The lowest BCUT2D eigenvalue weighted by Gasteiger charge is -1.96. The second kappa shape index (κ2) is 7.77. The zero-order chi connectivity index (χ0) is 8.53. The standard InChI is InChI=1S/C10H22N/c1-4-6-7-8-10-11(3)9-5-2/h9H,4-8,10H2,1-3H3/q+1. The first-order valence-electron chi connectivity index (χ1n) is 4.84. The Morgan fingerprint density at radius 2 is 1.82 bits per heavy atom. The molecule has 0 bridgehead atoms. The molecule has 66 valence electrons. The third-order valence-electron chi connectivity index (χ3n) is 1.86. The lowest BCUT2D eigenvalue weighted by molar-refractivity contribution is -0.494. The molecule has 0 aliphatic heterocycles. The predicted octanol–water partition coefficient (Wildman–Crippen LogP) is 2.69. The normalized spacial score (nSPS) is 12.1. The van der Waals surface area contributed by atoms with Crippen LogP contribution in [0.25, 0.3) is 0 Å². The summed E-state index contributed by atoms with van der Waals surface area (Å²) in [6, 6.07) is 0. The number of rotatable bonds is 6. The van der Waals surface area contributed by atoms with Crippen LogP contribution in [0.15, 0.2) is 0 Å². The van der Waals surface area contributed by atoms with Gasteiger partial charge in [-0.2, -0.15) is 0 Å². The van der Waals surface area contributed by atoms with E-state index in [0.717, 1.165) is 6.42 Å². The molecule has 0 saturated heterocycles. The van der Waals surface area contributed by atoms with Crippen molar-refractivity contribution in [2.24, 2.45) is 0 Å². The summed E-state index contributed by atoms with van der Waals surface area (Å²) >= 11 is 0. The second-order valence-electron chi connectivity index (χ2n) is 3.13. The molecule has 11 heavy (non-hydrogen) atoms. The van der Waals surface area contributed by atoms with E-state index >= 15 is 0 Å². The molecule has 0 aromatic rings. The smallest absolute Gasteiger partial charge is 0.142 e. The van der Waals surface area contributed by atoms with Gasteiger partial charge in [-0.15, -0.1) is 0 Å². The molecule has 0 N–H and O–H groups in total. The third kappa shape index (κ3) is 7.57. The summed E-state index contributed by atoms with van der Waals surface area (Å²) in [5, 5.41) is 0. The molecular weight excluding hydrogens is 134 g/mol. The molecule has 0 aromatic heterocycles. The lowest BCUT2D eigenvalue weighted by atomic mass is 10.2. The Bertz CT molecular complexity index is 105. The van der Waals surface area contributed by atoms with Gasteiger partial charge in [0.05, 0.1) is 0 Å². The van der Waals surface area contributed by atoms with Crippen LogP contribution in [0.1, 0.15) is 46.0 Å². The van der Waals surface area contributed by atoms with E-state index in [9.17, 15) is 0 Å². The third-order valence-corrected chi connectivity index (χ3v) is 1.86. The average molecular weight is 156 g/mol. The van der Waals surface area contributed by atoms with Crippen LogP contribution < -0.4 is 0 Å². The minimum Gasteiger partial charge on any atom is -0.242 e. The van der Waals surface area contributed by atoms with Gasteiger partial charge in [-0.25, -0.2) is 4.58 Å². The van der Waals surface area contributed by atoms with E-state index in [1.54, 1.807) is 0 Å². The Balaban J connectivity index is 3.17. The average Bonchev–Trinajstić information content (AvgIpc) is 1.99. The Morgan fingerprint density at radius 3 is 2.36 bits per heavy atom.